The van der Waals surface area contributed by atoms with E-state index in [1.165, 1.54) is 97.6 Å². The van der Waals surface area contributed by atoms with Crippen LogP contribution in [-0.4, -0.2) is 11.4 Å². The van der Waals surface area contributed by atoms with Crippen LogP contribution >= 0.6 is 11.3 Å². The summed E-state index contributed by atoms with van der Waals surface area (Å²) in [5.41, 5.74) is 18.7. The summed E-state index contributed by atoms with van der Waals surface area (Å²) in [5, 5.41) is 7.34. The Morgan fingerprint density at radius 3 is 1.90 bits per heavy atom. The van der Waals surface area contributed by atoms with Crippen LogP contribution in [0.5, 0.6) is 0 Å². The number of aromatic nitrogens is 1. The number of anilines is 5. The Kier molecular flexibility index (Phi) is 8.16. The van der Waals surface area contributed by atoms with Gasteiger partial charge in [-0.2, -0.15) is 0 Å². The molecule has 0 N–H and O–H groups in total. The lowest BCUT2D eigenvalue weighted by atomic mass is 9.43. The van der Waals surface area contributed by atoms with Crippen LogP contribution in [0.3, 0.4) is 0 Å². The van der Waals surface area contributed by atoms with Crippen molar-refractivity contribution >= 4 is 121 Å². The van der Waals surface area contributed by atoms with E-state index in [-0.39, 0.29) is 17.7 Å². The quantitative estimate of drug-likeness (QED) is 0.165. The summed E-state index contributed by atoms with van der Waals surface area (Å²) >= 11 is 1.88. The predicted octanol–water partition coefficient (Wildman–Crippen LogP) is 16.4. The van der Waals surface area contributed by atoms with Crippen LogP contribution in [0, 0.1) is 0 Å². The summed E-state index contributed by atoms with van der Waals surface area (Å²) in [5.74, 6) is 0. The molecule has 0 saturated heterocycles. The minimum absolute atomic E-state index is 0.0151. The van der Waals surface area contributed by atoms with Crippen LogP contribution in [0.1, 0.15) is 52.7 Å². The Balaban J connectivity index is 1.19. The monoisotopic (exact) mass is 893 g/mol. The molecule has 2 aliphatic rings. The maximum atomic E-state index is 7.32. The van der Waals surface area contributed by atoms with Gasteiger partial charge in [-0.25, -0.2) is 0 Å². The van der Waals surface area contributed by atoms with Crippen molar-refractivity contribution in [3.63, 3.8) is 0 Å². The molecule has 6 heteroatoms. The molecule has 68 heavy (non-hydrogen) atoms. The Labute approximate surface area is 400 Å². The van der Waals surface area contributed by atoms with Gasteiger partial charge in [0.2, 0.25) is 0 Å². The number of para-hydroxylation sites is 3. The zero-order valence-corrected chi connectivity index (χ0v) is 39.9. The summed E-state index contributed by atoms with van der Waals surface area (Å²) in [6, 6.07) is 67.9. The van der Waals surface area contributed by atoms with Crippen molar-refractivity contribution in [2.45, 2.75) is 52.4 Å². The third-order valence-electron chi connectivity index (χ3n) is 14.8. The highest BCUT2D eigenvalue weighted by Gasteiger charge is 2.46. The molecule has 0 atom stereocenters. The molecule has 4 nitrogen and oxygen atoms in total. The summed E-state index contributed by atoms with van der Waals surface area (Å²) in [6.45, 7) is 13.8. The van der Waals surface area contributed by atoms with Crippen molar-refractivity contribution in [1.82, 2.24) is 4.57 Å². The first kappa shape index (κ1) is 39.6. The van der Waals surface area contributed by atoms with Gasteiger partial charge >= 0.3 is 6.85 Å². The van der Waals surface area contributed by atoms with E-state index in [2.05, 4.69) is 238 Å². The van der Waals surface area contributed by atoms with Gasteiger partial charge in [0.15, 0.2) is 0 Å². The predicted molar refractivity (Wildman–Crippen MR) is 292 cm³/mol. The van der Waals surface area contributed by atoms with Crippen molar-refractivity contribution < 1.29 is 4.42 Å². The second kappa shape index (κ2) is 14.0. The van der Waals surface area contributed by atoms with E-state index in [4.69, 9.17) is 4.42 Å². The molecule has 0 radical (unpaired) electrons. The normalized spacial score (nSPS) is 13.4. The second-order valence-electron chi connectivity index (χ2n) is 20.9. The Hall–Kier alpha value is -7.54. The standard InChI is InChI=1S/C62H48BN3OS/c1-61(2,3)37-25-28-41(29-26-37)66-51-35-46-43-21-14-16-24-53(43)68-54(46)36-47(51)57-58-59-55(56-45-22-13-15-23-52(45)67-60(56)57)44-31-30-42(64(39-17-9-7-10-18-39)40-19-11-8-12-20-40)34-50(44)65(59)49-32-27-38(62(4,5)6)33-48(49)63(58)66/h7-36H,1-6H3. The number of hydrogen-bond donors (Lipinski definition) is 0. The van der Waals surface area contributed by atoms with E-state index in [1.54, 1.807) is 0 Å². The van der Waals surface area contributed by atoms with Gasteiger partial charge in [0.1, 0.15) is 11.2 Å². The Morgan fingerprint density at radius 1 is 0.515 bits per heavy atom. The first-order valence-electron chi connectivity index (χ1n) is 23.9. The summed E-state index contributed by atoms with van der Waals surface area (Å²) in [7, 11) is 0. The highest BCUT2D eigenvalue weighted by molar-refractivity contribution is 7.25. The molecule has 0 amide bonds. The van der Waals surface area contributed by atoms with Crippen molar-refractivity contribution in [3.05, 3.63) is 193 Å². The number of nitrogens with zero attached hydrogens (tertiary/aromatic N) is 3. The SMILES string of the molecule is CC(C)(C)c1ccc(N2B3c4cc(C(C)(C)C)ccc4-n4c5cc(N(c6ccccc6)c6ccccc6)ccc5c5c6c(oc7ccccc76)c(c3c54)-c3cc4sc5ccccc5c4cc32)cc1. The van der Waals surface area contributed by atoms with E-state index >= 15 is 0 Å². The highest BCUT2D eigenvalue weighted by atomic mass is 32.1. The van der Waals surface area contributed by atoms with Crippen molar-refractivity contribution in [2.75, 3.05) is 9.71 Å². The average Bonchev–Trinajstić information content (AvgIpc) is 4.02. The van der Waals surface area contributed by atoms with Gasteiger partial charge in [-0.1, -0.05) is 145 Å². The molecular formula is C62H48BN3OS. The Morgan fingerprint density at radius 2 is 1.18 bits per heavy atom. The van der Waals surface area contributed by atoms with Crippen LogP contribution < -0.4 is 20.6 Å². The topological polar surface area (TPSA) is 24.6 Å². The number of fused-ring (bicyclic) bond motifs is 16. The van der Waals surface area contributed by atoms with Crippen LogP contribution in [0.2, 0.25) is 0 Å². The molecule has 0 saturated carbocycles. The van der Waals surface area contributed by atoms with Gasteiger partial charge in [-0.3, -0.25) is 0 Å². The molecule has 0 fully saturated rings. The Bertz CT molecular complexity index is 4020. The molecular weight excluding hydrogens is 846 g/mol. The molecule has 3 aromatic heterocycles. The number of thiophene rings is 1. The summed E-state index contributed by atoms with van der Waals surface area (Å²) in [6.07, 6.45) is 0. The maximum Gasteiger partial charge on any atom is 0.333 e. The van der Waals surface area contributed by atoms with E-state index in [0.29, 0.717) is 0 Å². The van der Waals surface area contributed by atoms with Crippen LogP contribution in [0.4, 0.5) is 28.4 Å². The molecule has 0 unspecified atom stereocenters. The van der Waals surface area contributed by atoms with Crippen LogP contribution in [0.25, 0.3) is 80.7 Å². The minimum Gasteiger partial charge on any atom is -0.455 e. The van der Waals surface area contributed by atoms with E-state index in [1.807, 2.05) is 11.3 Å². The van der Waals surface area contributed by atoms with Crippen LogP contribution in [-0.2, 0) is 10.8 Å². The number of hydrogen-bond acceptors (Lipinski definition) is 4. The van der Waals surface area contributed by atoms with Crippen molar-refractivity contribution in [3.8, 4) is 16.8 Å². The van der Waals surface area contributed by atoms with Gasteiger partial charge in [-0.15, -0.1) is 11.3 Å². The zero-order chi connectivity index (χ0) is 45.8. The number of rotatable bonds is 4. The van der Waals surface area contributed by atoms with Gasteiger partial charge in [0.25, 0.3) is 0 Å². The maximum absolute atomic E-state index is 7.32. The van der Waals surface area contributed by atoms with E-state index < -0.39 is 0 Å². The average molecular weight is 894 g/mol. The molecule has 5 heterocycles. The van der Waals surface area contributed by atoms with Gasteiger partial charge < -0.3 is 18.7 Å². The van der Waals surface area contributed by atoms with Gasteiger partial charge in [-0.05, 0) is 112 Å². The fourth-order valence-electron chi connectivity index (χ4n) is 11.6. The second-order valence-corrected chi connectivity index (χ2v) is 22.0. The first-order chi connectivity index (χ1) is 33.0. The van der Waals surface area contributed by atoms with E-state index in [0.717, 1.165) is 33.6 Å². The smallest absolute Gasteiger partial charge is 0.333 e. The number of benzene rings is 9. The minimum atomic E-state index is -0.167. The third kappa shape index (κ3) is 5.55. The molecule has 0 aliphatic carbocycles. The highest BCUT2D eigenvalue weighted by Crippen LogP contribution is 2.53. The molecule has 12 aromatic rings. The third-order valence-corrected chi connectivity index (χ3v) is 16.0. The lowest BCUT2D eigenvalue weighted by Gasteiger charge is -2.42. The summed E-state index contributed by atoms with van der Waals surface area (Å²) in [4.78, 5) is 5.06. The molecule has 14 rings (SSSR count). The molecule has 0 spiro atoms. The van der Waals surface area contributed by atoms with Crippen molar-refractivity contribution in [1.29, 1.82) is 0 Å². The molecule has 0 bridgehead atoms. The molecule has 2 aliphatic heterocycles. The molecule has 9 aromatic carbocycles. The zero-order valence-electron chi connectivity index (χ0n) is 39.1. The number of furan rings is 1. The van der Waals surface area contributed by atoms with Gasteiger partial charge in [0, 0.05) is 87.0 Å². The first-order valence-corrected chi connectivity index (χ1v) is 24.7. The summed E-state index contributed by atoms with van der Waals surface area (Å²) < 4.78 is 12.5. The fourth-order valence-corrected chi connectivity index (χ4v) is 12.7. The molecule has 326 valence electrons. The fraction of sp³-hybridized carbons (Fsp3) is 0.129. The largest absolute Gasteiger partial charge is 0.455 e. The lowest BCUT2D eigenvalue weighted by Crippen LogP contribution is -2.60. The van der Waals surface area contributed by atoms with Crippen LogP contribution in [0.15, 0.2) is 186 Å². The lowest BCUT2D eigenvalue weighted by molar-refractivity contribution is 0.590. The van der Waals surface area contributed by atoms with E-state index in [9.17, 15) is 0 Å². The van der Waals surface area contributed by atoms with Crippen molar-refractivity contribution in [2.24, 2.45) is 0 Å². The van der Waals surface area contributed by atoms with Gasteiger partial charge in [0.05, 0.1) is 11.0 Å².